The highest BCUT2D eigenvalue weighted by atomic mass is 79.9. The lowest BCUT2D eigenvalue weighted by Gasteiger charge is -2.35. The van der Waals surface area contributed by atoms with Crippen LogP contribution in [0.2, 0.25) is 0 Å². The van der Waals surface area contributed by atoms with Gasteiger partial charge in [-0.25, -0.2) is 0 Å². The van der Waals surface area contributed by atoms with E-state index in [1.807, 2.05) is 11.8 Å². The van der Waals surface area contributed by atoms with Gasteiger partial charge in [-0.05, 0) is 31.7 Å². The molecule has 1 atom stereocenters. The van der Waals surface area contributed by atoms with Gasteiger partial charge in [-0.3, -0.25) is 4.79 Å². The molecular formula is C14H20BrNO2. The van der Waals surface area contributed by atoms with Crippen molar-refractivity contribution in [1.82, 2.24) is 4.90 Å². The fourth-order valence-corrected chi connectivity index (χ4v) is 3.18. The van der Waals surface area contributed by atoms with Gasteiger partial charge in [0.25, 0.3) is 5.91 Å². The third-order valence-electron chi connectivity index (χ3n) is 3.63. The van der Waals surface area contributed by atoms with E-state index in [-0.39, 0.29) is 5.91 Å². The van der Waals surface area contributed by atoms with Gasteiger partial charge in [0.05, 0.1) is 11.8 Å². The van der Waals surface area contributed by atoms with Crippen LogP contribution in [0.1, 0.15) is 48.7 Å². The number of carbonyl (C=O) groups is 1. The summed E-state index contributed by atoms with van der Waals surface area (Å²) in [5.74, 6) is 0.953. The van der Waals surface area contributed by atoms with Crippen molar-refractivity contribution in [3.05, 3.63) is 23.7 Å². The lowest BCUT2D eigenvalue weighted by atomic mass is 9.99. The zero-order valence-corrected chi connectivity index (χ0v) is 12.4. The highest BCUT2D eigenvalue weighted by Crippen LogP contribution is 2.24. The lowest BCUT2D eigenvalue weighted by molar-refractivity contribution is 0.0607. The Morgan fingerprint density at radius 3 is 3.11 bits per heavy atom. The fourth-order valence-electron chi connectivity index (χ4n) is 2.65. The first-order valence-corrected chi connectivity index (χ1v) is 7.83. The molecule has 1 unspecified atom stereocenters. The summed E-state index contributed by atoms with van der Waals surface area (Å²) in [5, 5.41) is 0.952. The zero-order chi connectivity index (χ0) is 13.0. The van der Waals surface area contributed by atoms with Gasteiger partial charge in [-0.1, -0.05) is 22.9 Å². The molecule has 18 heavy (non-hydrogen) atoms. The first-order chi connectivity index (χ1) is 8.77. The first-order valence-electron chi connectivity index (χ1n) is 6.71. The molecule has 1 amide bonds. The average Bonchev–Trinajstić information content (AvgIpc) is 2.87. The Labute approximate surface area is 117 Å². The molecule has 4 heteroatoms. The van der Waals surface area contributed by atoms with Crippen molar-refractivity contribution in [1.29, 1.82) is 0 Å². The number of hydrogen-bond acceptors (Lipinski definition) is 2. The molecule has 1 aromatic heterocycles. The van der Waals surface area contributed by atoms with Gasteiger partial charge in [-0.2, -0.15) is 0 Å². The van der Waals surface area contributed by atoms with E-state index in [9.17, 15) is 4.79 Å². The Kier molecular flexibility index (Phi) is 4.87. The Bertz CT molecular complexity index is 400. The van der Waals surface area contributed by atoms with Crippen molar-refractivity contribution in [2.75, 3.05) is 11.9 Å². The molecule has 100 valence electrons. The van der Waals surface area contributed by atoms with Gasteiger partial charge in [0.1, 0.15) is 5.76 Å². The molecule has 1 aliphatic rings. The second-order valence-electron chi connectivity index (χ2n) is 4.74. The number of aryl methyl sites for hydroxylation is 1. The number of amides is 1. The van der Waals surface area contributed by atoms with Crippen LogP contribution in [0.15, 0.2) is 16.7 Å². The van der Waals surface area contributed by atoms with Crippen molar-refractivity contribution in [2.45, 2.75) is 45.1 Å². The summed E-state index contributed by atoms with van der Waals surface area (Å²) in [6.45, 7) is 2.90. The molecule has 0 aliphatic carbocycles. The van der Waals surface area contributed by atoms with E-state index in [0.29, 0.717) is 6.04 Å². The minimum Gasteiger partial charge on any atom is -0.469 e. The standard InChI is InChI=1S/C14H20BrNO2/c1-2-13-12(7-10-18-13)14(17)16-9-4-3-5-11(16)6-8-15/h7,10-11H,2-6,8-9H2,1H3. The molecule has 1 aromatic rings. The van der Waals surface area contributed by atoms with Gasteiger partial charge in [0, 0.05) is 24.3 Å². The van der Waals surface area contributed by atoms with Crippen molar-refractivity contribution >= 4 is 21.8 Å². The molecule has 0 radical (unpaired) electrons. The second-order valence-corrected chi connectivity index (χ2v) is 5.53. The Morgan fingerprint density at radius 2 is 2.39 bits per heavy atom. The van der Waals surface area contributed by atoms with Gasteiger partial charge < -0.3 is 9.32 Å². The van der Waals surface area contributed by atoms with Crippen LogP contribution < -0.4 is 0 Å². The van der Waals surface area contributed by atoms with E-state index in [0.717, 1.165) is 48.9 Å². The van der Waals surface area contributed by atoms with Gasteiger partial charge >= 0.3 is 0 Å². The Morgan fingerprint density at radius 1 is 1.56 bits per heavy atom. The summed E-state index contributed by atoms with van der Waals surface area (Å²) in [6, 6.07) is 2.19. The Balaban J connectivity index is 2.15. The molecule has 1 fully saturated rings. The lowest BCUT2D eigenvalue weighted by Crippen LogP contribution is -2.44. The third-order valence-corrected chi connectivity index (χ3v) is 4.09. The second kappa shape index (κ2) is 6.41. The monoisotopic (exact) mass is 313 g/mol. The molecule has 0 N–H and O–H groups in total. The summed E-state index contributed by atoms with van der Waals surface area (Å²) >= 11 is 3.48. The maximum atomic E-state index is 12.6. The molecule has 0 bridgehead atoms. The van der Waals surface area contributed by atoms with Crippen molar-refractivity contribution in [3.63, 3.8) is 0 Å². The zero-order valence-electron chi connectivity index (χ0n) is 10.8. The van der Waals surface area contributed by atoms with E-state index in [1.165, 1.54) is 6.42 Å². The largest absolute Gasteiger partial charge is 0.469 e. The maximum Gasteiger partial charge on any atom is 0.257 e. The summed E-state index contributed by atoms with van der Waals surface area (Å²) in [7, 11) is 0. The molecule has 0 aromatic carbocycles. The van der Waals surface area contributed by atoms with Gasteiger partial charge in [-0.15, -0.1) is 0 Å². The van der Waals surface area contributed by atoms with Gasteiger partial charge in [0.2, 0.25) is 0 Å². The first kappa shape index (κ1) is 13.7. The van der Waals surface area contributed by atoms with Crippen molar-refractivity contribution in [3.8, 4) is 0 Å². The fraction of sp³-hybridized carbons (Fsp3) is 0.643. The third kappa shape index (κ3) is 2.79. The highest BCUT2D eigenvalue weighted by Gasteiger charge is 2.28. The van der Waals surface area contributed by atoms with Gasteiger partial charge in [0.15, 0.2) is 0 Å². The van der Waals surface area contributed by atoms with E-state index >= 15 is 0 Å². The van der Waals surface area contributed by atoms with E-state index in [1.54, 1.807) is 12.3 Å². The van der Waals surface area contributed by atoms with Crippen LogP contribution in [0.4, 0.5) is 0 Å². The summed E-state index contributed by atoms with van der Waals surface area (Å²) in [4.78, 5) is 14.6. The highest BCUT2D eigenvalue weighted by molar-refractivity contribution is 9.09. The molecule has 2 rings (SSSR count). The Hall–Kier alpha value is -0.770. The molecular weight excluding hydrogens is 294 g/mol. The van der Waals surface area contributed by atoms with Crippen LogP contribution in [-0.2, 0) is 6.42 Å². The van der Waals surface area contributed by atoms with E-state index in [2.05, 4.69) is 15.9 Å². The minimum absolute atomic E-state index is 0.145. The number of halogens is 1. The molecule has 1 saturated heterocycles. The molecule has 0 spiro atoms. The molecule has 3 nitrogen and oxygen atoms in total. The predicted octanol–water partition coefficient (Wildman–Crippen LogP) is 3.62. The number of piperidine rings is 1. The number of nitrogens with zero attached hydrogens (tertiary/aromatic N) is 1. The minimum atomic E-state index is 0.145. The van der Waals surface area contributed by atoms with Crippen LogP contribution in [-0.4, -0.2) is 28.7 Å². The van der Waals surface area contributed by atoms with Crippen molar-refractivity contribution in [2.24, 2.45) is 0 Å². The topological polar surface area (TPSA) is 33.5 Å². The summed E-state index contributed by atoms with van der Waals surface area (Å²) in [5.41, 5.74) is 0.749. The number of hydrogen-bond donors (Lipinski definition) is 0. The number of furan rings is 1. The normalized spacial score (nSPS) is 20.1. The number of rotatable bonds is 4. The number of likely N-dealkylation sites (tertiary alicyclic amines) is 1. The quantitative estimate of drug-likeness (QED) is 0.795. The SMILES string of the molecule is CCc1occc1C(=O)N1CCCCC1CCBr. The van der Waals surface area contributed by atoms with Crippen LogP contribution in [0.3, 0.4) is 0 Å². The average molecular weight is 314 g/mol. The van der Waals surface area contributed by atoms with E-state index in [4.69, 9.17) is 4.42 Å². The smallest absolute Gasteiger partial charge is 0.257 e. The molecule has 0 saturated carbocycles. The van der Waals surface area contributed by atoms with Crippen molar-refractivity contribution < 1.29 is 9.21 Å². The van der Waals surface area contributed by atoms with Crippen LogP contribution in [0.5, 0.6) is 0 Å². The maximum absolute atomic E-state index is 12.6. The number of alkyl halides is 1. The van der Waals surface area contributed by atoms with Crippen LogP contribution in [0.25, 0.3) is 0 Å². The predicted molar refractivity (Wildman–Crippen MR) is 75.2 cm³/mol. The molecule has 1 aliphatic heterocycles. The summed E-state index contributed by atoms with van der Waals surface area (Å²) in [6.07, 6.45) is 6.89. The van der Waals surface area contributed by atoms with Crippen LogP contribution in [0, 0.1) is 0 Å². The summed E-state index contributed by atoms with van der Waals surface area (Å²) < 4.78 is 5.36. The van der Waals surface area contributed by atoms with Crippen LogP contribution >= 0.6 is 15.9 Å². The van der Waals surface area contributed by atoms with E-state index < -0.39 is 0 Å². The molecule has 2 heterocycles. The number of carbonyl (C=O) groups excluding carboxylic acids is 1.